The molecule has 3 N–H and O–H groups in total. The number of hydrazine groups is 1. The molecular formula is C18H18ClN3O5. The van der Waals surface area contributed by atoms with Gasteiger partial charge in [-0.2, -0.15) is 0 Å². The normalized spacial score (nSPS) is 21.1. The Hall–Kier alpha value is -2.87. The molecule has 8 nitrogen and oxygen atoms in total. The van der Waals surface area contributed by atoms with Crippen molar-refractivity contribution in [3.8, 4) is 0 Å². The Morgan fingerprint density at radius 1 is 1.15 bits per heavy atom. The van der Waals surface area contributed by atoms with Gasteiger partial charge in [-0.3, -0.25) is 30.1 Å². The molecule has 3 rings (SSSR count). The summed E-state index contributed by atoms with van der Waals surface area (Å²) in [6.07, 6.45) is 4.84. The number of carboxylic acid groups (broad SMARTS) is 1. The number of imide groups is 1. The van der Waals surface area contributed by atoms with Crippen LogP contribution in [-0.2, 0) is 14.4 Å². The number of nitrogens with one attached hydrogen (secondary N) is 2. The van der Waals surface area contributed by atoms with Crippen LogP contribution in [0.1, 0.15) is 29.6 Å². The summed E-state index contributed by atoms with van der Waals surface area (Å²) in [5.74, 6) is -2.68. The van der Waals surface area contributed by atoms with Gasteiger partial charge in [0.2, 0.25) is 17.7 Å². The number of aromatic carboxylic acids is 1. The summed E-state index contributed by atoms with van der Waals surface area (Å²) in [6.45, 7) is 0.00107. The maximum absolute atomic E-state index is 12.3. The summed E-state index contributed by atoms with van der Waals surface area (Å²) in [6, 6.07) is 4.03. The zero-order chi connectivity index (χ0) is 19.6. The fourth-order valence-corrected chi connectivity index (χ4v) is 3.42. The summed E-state index contributed by atoms with van der Waals surface area (Å²) < 4.78 is 0. The van der Waals surface area contributed by atoms with Crippen LogP contribution in [0, 0.1) is 11.8 Å². The number of nitrogens with zero attached hydrogens (tertiary/aromatic N) is 1. The fourth-order valence-electron chi connectivity index (χ4n) is 3.26. The van der Waals surface area contributed by atoms with Crippen molar-refractivity contribution in [2.75, 3.05) is 12.0 Å². The Balaban J connectivity index is 1.53. The monoisotopic (exact) mass is 391 g/mol. The molecule has 1 aliphatic heterocycles. The molecule has 142 valence electrons. The third-order valence-corrected chi connectivity index (χ3v) is 5.04. The van der Waals surface area contributed by atoms with Crippen molar-refractivity contribution in [1.29, 1.82) is 0 Å². The molecule has 1 aromatic carbocycles. The summed E-state index contributed by atoms with van der Waals surface area (Å²) in [5.41, 5.74) is 5.20. The summed E-state index contributed by atoms with van der Waals surface area (Å²) in [5, 5.41) is 9.23. The molecule has 1 saturated heterocycles. The lowest BCUT2D eigenvalue weighted by molar-refractivity contribution is -0.140. The van der Waals surface area contributed by atoms with Gasteiger partial charge < -0.3 is 5.11 Å². The molecule has 3 amide bonds. The van der Waals surface area contributed by atoms with Crippen LogP contribution in [0.4, 0.5) is 5.69 Å². The van der Waals surface area contributed by atoms with E-state index in [4.69, 9.17) is 16.7 Å². The molecule has 1 fully saturated rings. The van der Waals surface area contributed by atoms with Crippen LogP contribution in [0.3, 0.4) is 0 Å². The first-order valence-electron chi connectivity index (χ1n) is 8.46. The number of likely N-dealkylation sites (tertiary alicyclic amines) is 1. The quantitative estimate of drug-likeness (QED) is 0.387. The van der Waals surface area contributed by atoms with E-state index in [1.165, 1.54) is 18.2 Å². The smallest absolute Gasteiger partial charge is 0.335 e. The molecule has 9 heteroatoms. The molecular weight excluding hydrogens is 374 g/mol. The molecule has 0 saturated carbocycles. The van der Waals surface area contributed by atoms with E-state index >= 15 is 0 Å². The molecule has 1 aromatic rings. The van der Waals surface area contributed by atoms with Gasteiger partial charge >= 0.3 is 5.97 Å². The lowest BCUT2D eigenvalue weighted by Gasteiger charge is -2.15. The van der Waals surface area contributed by atoms with Gasteiger partial charge in [-0.15, -0.1) is 0 Å². The first kappa shape index (κ1) is 18.9. The molecule has 1 aliphatic carbocycles. The number of rotatable bonds is 6. The van der Waals surface area contributed by atoms with Crippen LogP contribution < -0.4 is 10.9 Å². The van der Waals surface area contributed by atoms with Crippen LogP contribution in [0.25, 0.3) is 0 Å². The van der Waals surface area contributed by atoms with Gasteiger partial charge in [0.15, 0.2) is 0 Å². The fraction of sp³-hybridized carbons (Fsp3) is 0.333. The van der Waals surface area contributed by atoms with Gasteiger partial charge in [0.1, 0.15) is 0 Å². The number of anilines is 1. The molecule has 0 bridgehead atoms. The van der Waals surface area contributed by atoms with Crippen molar-refractivity contribution in [3.05, 3.63) is 40.9 Å². The van der Waals surface area contributed by atoms with E-state index in [2.05, 4.69) is 10.9 Å². The van der Waals surface area contributed by atoms with Gasteiger partial charge in [0.25, 0.3) is 0 Å². The average Bonchev–Trinajstić information content (AvgIpc) is 2.90. The van der Waals surface area contributed by atoms with Crippen molar-refractivity contribution >= 4 is 41.0 Å². The highest BCUT2D eigenvalue weighted by molar-refractivity contribution is 6.33. The highest BCUT2D eigenvalue weighted by Gasteiger charge is 2.46. The third kappa shape index (κ3) is 3.95. The molecule has 0 aromatic heterocycles. The minimum Gasteiger partial charge on any atom is -0.478 e. The first-order valence-corrected chi connectivity index (χ1v) is 8.84. The second-order valence-corrected chi connectivity index (χ2v) is 6.81. The Morgan fingerprint density at radius 3 is 2.37 bits per heavy atom. The van der Waals surface area contributed by atoms with Crippen LogP contribution in [0.2, 0.25) is 5.02 Å². The maximum Gasteiger partial charge on any atom is 0.335 e. The van der Waals surface area contributed by atoms with E-state index in [1.54, 1.807) is 0 Å². The second kappa shape index (κ2) is 7.79. The Labute approximate surface area is 160 Å². The second-order valence-electron chi connectivity index (χ2n) is 6.41. The van der Waals surface area contributed by atoms with E-state index in [-0.39, 0.29) is 52.9 Å². The molecule has 0 spiro atoms. The number of halogens is 1. The van der Waals surface area contributed by atoms with Crippen LogP contribution in [0.5, 0.6) is 0 Å². The topological polar surface area (TPSA) is 116 Å². The Bertz CT molecular complexity index is 812. The van der Waals surface area contributed by atoms with Gasteiger partial charge in [0, 0.05) is 13.0 Å². The molecule has 2 atom stereocenters. The largest absolute Gasteiger partial charge is 0.478 e. The Kier molecular flexibility index (Phi) is 5.46. The SMILES string of the molecule is O=C(CCN1C(=O)C2CC=CCC2C1=O)NNc1cc(C(=O)O)ccc1Cl. The zero-order valence-electron chi connectivity index (χ0n) is 14.3. The van der Waals surface area contributed by atoms with Crippen molar-refractivity contribution in [2.45, 2.75) is 19.3 Å². The molecule has 0 radical (unpaired) electrons. The standard InChI is InChI=1S/C18H18ClN3O5/c19-13-6-5-10(18(26)27)9-14(13)20-21-15(23)7-8-22-16(24)11-3-1-2-4-12(11)17(22)25/h1-2,5-6,9,11-12,20H,3-4,7-8H2,(H,21,23)(H,26,27). The maximum atomic E-state index is 12.3. The van der Waals surface area contributed by atoms with Crippen LogP contribution in [-0.4, -0.2) is 40.2 Å². The van der Waals surface area contributed by atoms with E-state index in [0.29, 0.717) is 12.8 Å². The number of carbonyl (C=O) groups excluding carboxylic acids is 3. The van der Waals surface area contributed by atoms with Crippen molar-refractivity contribution < 1.29 is 24.3 Å². The van der Waals surface area contributed by atoms with Crippen LogP contribution >= 0.6 is 11.6 Å². The van der Waals surface area contributed by atoms with Crippen molar-refractivity contribution in [1.82, 2.24) is 10.3 Å². The summed E-state index contributed by atoms with van der Waals surface area (Å²) in [4.78, 5) is 48.9. The number of fused-ring (bicyclic) bond motifs is 1. The lowest BCUT2D eigenvalue weighted by Crippen LogP contribution is -2.37. The minimum absolute atomic E-state index is 0.00107. The average molecular weight is 392 g/mol. The molecule has 1 heterocycles. The van der Waals surface area contributed by atoms with Gasteiger partial charge in [-0.25, -0.2) is 4.79 Å². The van der Waals surface area contributed by atoms with E-state index in [9.17, 15) is 19.2 Å². The minimum atomic E-state index is -1.12. The van der Waals surface area contributed by atoms with Gasteiger partial charge in [-0.1, -0.05) is 23.8 Å². The number of carboxylic acids is 1. The van der Waals surface area contributed by atoms with Crippen LogP contribution in [0.15, 0.2) is 30.4 Å². The zero-order valence-corrected chi connectivity index (χ0v) is 15.0. The first-order chi connectivity index (χ1) is 12.9. The van der Waals surface area contributed by atoms with Gasteiger partial charge in [-0.05, 0) is 31.0 Å². The highest BCUT2D eigenvalue weighted by atomic mass is 35.5. The van der Waals surface area contributed by atoms with E-state index in [0.717, 1.165) is 4.90 Å². The van der Waals surface area contributed by atoms with E-state index < -0.39 is 11.9 Å². The number of allylic oxidation sites excluding steroid dienone is 2. The van der Waals surface area contributed by atoms with Gasteiger partial charge in [0.05, 0.1) is 28.1 Å². The molecule has 2 aliphatic rings. The van der Waals surface area contributed by atoms with E-state index in [1.807, 2.05) is 12.2 Å². The highest BCUT2D eigenvalue weighted by Crippen LogP contribution is 2.35. The number of carbonyl (C=O) groups is 4. The number of amides is 3. The van der Waals surface area contributed by atoms with Crippen molar-refractivity contribution in [3.63, 3.8) is 0 Å². The number of benzene rings is 1. The summed E-state index contributed by atoms with van der Waals surface area (Å²) in [7, 11) is 0. The number of hydrogen-bond donors (Lipinski definition) is 3. The Morgan fingerprint density at radius 2 is 1.78 bits per heavy atom. The predicted molar refractivity (Wildman–Crippen MR) is 96.9 cm³/mol. The predicted octanol–water partition coefficient (Wildman–Crippen LogP) is 1.82. The molecule has 27 heavy (non-hydrogen) atoms. The third-order valence-electron chi connectivity index (χ3n) is 4.71. The summed E-state index contributed by atoms with van der Waals surface area (Å²) >= 11 is 5.96. The lowest BCUT2D eigenvalue weighted by atomic mass is 9.85. The van der Waals surface area contributed by atoms with Crippen molar-refractivity contribution in [2.24, 2.45) is 11.8 Å². The molecule has 2 unspecified atom stereocenters. The number of hydrogen-bond acceptors (Lipinski definition) is 5.